The van der Waals surface area contributed by atoms with Crippen molar-refractivity contribution in [2.24, 2.45) is 14.1 Å². The van der Waals surface area contributed by atoms with E-state index in [1.54, 1.807) is 52.2 Å². The van der Waals surface area contributed by atoms with Crippen LogP contribution in [0.15, 0.2) is 85.6 Å². The number of aryl methyl sites for hydroxylation is 4. The Labute approximate surface area is 232 Å². The normalized spacial score (nSPS) is 11.2. The number of para-hydroxylation sites is 2. The van der Waals surface area contributed by atoms with Gasteiger partial charge in [-0.2, -0.15) is 0 Å². The molecule has 0 aliphatic rings. The van der Waals surface area contributed by atoms with Crippen molar-refractivity contribution < 1.29 is 0 Å². The number of hydrogen-bond donors (Lipinski definition) is 2. The molecule has 2 aromatic carbocycles. The summed E-state index contributed by atoms with van der Waals surface area (Å²) in [6, 6.07) is 18.2. The van der Waals surface area contributed by atoms with Gasteiger partial charge in [-0.3, -0.25) is 38.5 Å². The number of hydrogen-bond acceptors (Lipinski definition) is 4. The fraction of sp³-hybridized carbons (Fsp3) is 0.129. The minimum absolute atomic E-state index is 0.274. The molecule has 0 aliphatic heterocycles. The Hall–Kier alpha value is -5.60. The van der Waals surface area contributed by atoms with Crippen LogP contribution in [-0.4, -0.2) is 28.7 Å². The van der Waals surface area contributed by atoms with Crippen molar-refractivity contribution in [3.63, 3.8) is 0 Å². The van der Waals surface area contributed by atoms with Gasteiger partial charge >= 0.3 is 0 Å². The summed E-state index contributed by atoms with van der Waals surface area (Å²) >= 11 is 0. The predicted molar refractivity (Wildman–Crippen MR) is 160 cm³/mol. The molecule has 0 bridgehead atoms. The van der Waals surface area contributed by atoms with Gasteiger partial charge in [0.2, 0.25) is 0 Å². The number of nitrogens with zero attached hydrogens (tertiary/aromatic N) is 4. The zero-order valence-corrected chi connectivity index (χ0v) is 22.9. The Bertz CT molecular complexity index is 2140. The van der Waals surface area contributed by atoms with E-state index in [2.05, 4.69) is 15.9 Å². The van der Waals surface area contributed by atoms with Crippen molar-refractivity contribution in [2.75, 3.05) is 0 Å². The number of fused-ring (bicyclic) bond motifs is 2. The number of pyridine rings is 2. The highest BCUT2D eigenvalue weighted by molar-refractivity contribution is 5.84. The Kier molecular flexibility index (Phi) is 5.98. The largest absolute Gasteiger partial charge is 0.296 e. The molecule has 2 N–H and O–H groups in total. The van der Waals surface area contributed by atoms with E-state index in [-0.39, 0.29) is 33.4 Å². The van der Waals surface area contributed by atoms with Gasteiger partial charge in [0.25, 0.3) is 22.2 Å². The second kappa shape index (κ2) is 9.55. The van der Waals surface area contributed by atoms with Gasteiger partial charge in [0.05, 0.1) is 33.3 Å². The summed E-state index contributed by atoms with van der Waals surface area (Å²) in [5, 5.41) is 6.85. The molecule has 0 spiro atoms. The van der Waals surface area contributed by atoms with Gasteiger partial charge in [0.15, 0.2) is 0 Å². The average molecular weight is 547 g/mol. The molecule has 0 saturated heterocycles. The van der Waals surface area contributed by atoms with E-state index in [1.807, 2.05) is 36.4 Å². The van der Waals surface area contributed by atoms with Crippen molar-refractivity contribution in [2.45, 2.75) is 13.8 Å². The SMILES string of the molecule is Cc1c(C=C=Cc2c(C)c3c(=O)n(-c4ccccc4)[nH]c3n(C)c2=O)c(=O)n(C)c2[nH]n(-c3ccccc3)c(=O)c12. The molecule has 0 fully saturated rings. The minimum Gasteiger partial charge on any atom is -0.296 e. The summed E-state index contributed by atoms with van der Waals surface area (Å²) in [7, 11) is 3.18. The van der Waals surface area contributed by atoms with Crippen molar-refractivity contribution in [3.05, 3.63) is 130 Å². The van der Waals surface area contributed by atoms with Gasteiger partial charge in [0.1, 0.15) is 11.3 Å². The highest BCUT2D eigenvalue weighted by atomic mass is 16.1. The first-order valence-electron chi connectivity index (χ1n) is 12.9. The molecule has 0 atom stereocenters. The summed E-state index contributed by atoms with van der Waals surface area (Å²) in [6.45, 7) is 3.42. The number of H-pyrrole nitrogens is 2. The maximum absolute atomic E-state index is 13.3. The third-order valence-corrected chi connectivity index (χ3v) is 7.53. The van der Waals surface area contributed by atoms with Crippen molar-refractivity contribution in [1.82, 2.24) is 28.7 Å². The maximum Gasteiger partial charge on any atom is 0.281 e. The summed E-state index contributed by atoms with van der Waals surface area (Å²) in [4.78, 5) is 53.2. The smallest absolute Gasteiger partial charge is 0.281 e. The molecule has 4 heterocycles. The zero-order chi connectivity index (χ0) is 29.0. The fourth-order valence-electron chi connectivity index (χ4n) is 5.23. The van der Waals surface area contributed by atoms with Crippen molar-refractivity contribution in [1.29, 1.82) is 0 Å². The first kappa shape index (κ1) is 25.7. The van der Waals surface area contributed by atoms with Crippen LogP contribution in [0.5, 0.6) is 0 Å². The Balaban J connectivity index is 1.51. The predicted octanol–water partition coefficient (Wildman–Crippen LogP) is 3.29. The van der Waals surface area contributed by atoms with E-state index in [0.717, 1.165) is 0 Å². The van der Waals surface area contributed by atoms with Crippen LogP contribution < -0.4 is 22.2 Å². The molecule has 204 valence electrons. The van der Waals surface area contributed by atoms with Crippen molar-refractivity contribution in [3.8, 4) is 11.4 Å². The lowest BCUT2D eigenvalue weighted by Gasteiger charge is -2.06. The lowest BCUT2D eigenvalue weighted by molar-refractivity contribution is 0.820. The van der Waals surface area contributed by atoms with E-state index in [4.69, 9.17) is 0 Å². The van der Waals surface area contributed by atoms with E-state index >= 15 is 0 Å². The lowest BCUT2D eigenvalue weighted by Crippen LogP contribution is -2.22. The van der Waals surface area contributed by atoms with E-state index in [1.165, 1.54) is 30.6 Å². The van der Waals surface area contributed by atoms with Crippen LogP contribution in [0, 0.1) is 13.8 Å². The highest BCUT2D eigenvalue weighted by Crippen LogP contribution is 2.19. The Morgan fingerprint density at radius 3 is 1.32 bits per heavy atom. The second-order valence-corrected chi connectivity index (χ2v) is 9.88. The number of aromatic amines is 2. The van der Waals surface area contributed by atoms with E-state index in [0.29, 0.717) is 44.6 Å². The van der Waals surface area contributed by atoms with Crippen LogP contribution in [0.2, 0.25) is 0 Å². The maximum atomic E-state index is 13.3. The summed E-state index contributed by atoms with van der Waals surface area (Å²) in [5.74, 6) is 0. The average Bonchev–Trinajstić information content (AvgIpc) is 3.52. The van der Waals surface area contributed by atoms with E-state index in [9.17, 15) is 19.2 Å². The number of nitrogens with one attached hydrogen (secondary N) is 2. The van der Waals surface area contributed by atoms with E-state index < -0.39 is 0 Å². The summed E-state index contributed by atoms with van der Waals surface area (Å²) < 4.78 is 5.58. The molecule has 41 heavy (non-hydrogen) atoms. The first-order valence-corrected chi connectivity index (χ1v) is 12.9. The second-order valence-electron chi connectivity index (χ2n) is 9.88. The molecule has 6 aromatic rings. The molecular formula is C31H26N6O4. The summed E-state index contributed by atoms with van der Waals surface area (Å²) in [5.41, 5.74) is 5.40. The van der Waals surface area contributed by atoms with Crippen LogP contribution in [-0.2, 0) is 14.1 Å². The fourth-order valence-corrected chi connectivity index (χ4v) is 5.23. The zero-order valence-electron chi connectivity index (χ0n) is 22.9. The van der Waals surface area contributed by atoms with Crippen LogP contribution >= 0.6 is 0 Å². The van der Waals surface area contributed by atoms with Gasteiger partial charge in [0, 0.05) is 14.1 Å². The third kappa shape index (κ3) is 3.89. The lowest BCUT2D eigenvalue weighted by atomic mass is 10.1. The third-order valence-electron chi connectivity index (χ3n) is 7.53. The van der Waals surface area contributed by atoms with Gasteiger partial charge in [-0.15, -0.1) is 5.73 Å². The van der Waals surface area contributed by atoms with Crippen molar-refractivity contribution >= 4 is 34.2 Å². The standard InChI is InChI=1S/C31H26N6O4/c1-18-22(28(38)34(3)26-24(18)30(40)36(32-26)20-12-7-5-8-13-20)16-11-17-23-19(2)25-27(35(4)29(23)39)33-37(31(25)41)21-14-9-6-10-15-21/h5-10,12-17,32-33H,1-4H3. The van der Waals surface area contributed by atoms with Gasteiger partial charge in [-0.25, -0.2) is 9.36 Å². The van der Waals surface area contributed by atoms with Gasteiger partial charge in [-0.1, -0.05) is 36.4 Å². The highest BCUT2D eigenvalue weighted by Gasteiger charge is 2.19. The molecule has 10 nitrogen and oxygen atoms in total. The number of rotatable bonds is 4. The minimum atomic E-state index is -0.325. The van der Waals surface area contributed by atoms with Crippen LogP contribution in [0.3, 0.4) is 0 Å². The molecule has 10 heteroatoms. The van der Waals surface area contributed by atoms with Crippen LogP contribution in [0.25, 0.3) is 45.6 Å². The molecule has 0 aliphatic carbocycles. The molecule has 0 amide bonds. The molecule has 4 aromatic heterocycles. The monoisotopic (exact) mass is 546 g/mol. The van der Waals surface area contributed by atoms with Gasteiger partial charge < -0.3 is 0 Å². The Morgan fingerprint density at radius 1 is 0.585 bits per heavy atom. The first-order chi connectivity index (χ1) is 19.7. The molecule has 0 unspecified atom stereocenters. The molecule has 6 rings (SSSR count). The quantitative estimate of drug-likeness (QED) is 0.330. The molecular weight excluding hydrogens is 520 g/mol. The topological polar surface area (TPSA) is 120 Å². The Morgan fingerprint density at radius 2 is 0.951 bits per heavy atom. The molecule has 0 saturated carbocycles. The van der Waals surface area contributed by atoms with Crippen LogP contribution in [0.4, 0.5) is 0 Å². The van der Waals surface area contributed by atoms with Crippen LogP contribution in [0.1, 0.15) is 22.3 Å². The number of aromatic nitrogens is 6. The van der Waals surface area contributed by atoms with Gasteiger partial charge in [-0.05, 0) is 61.4 Å². The summed E-state index contributed by atoms with van der Waals surface area (Å²) in [6.07, 6.45) is 2.94. The number of benzene rings is 2. The molecule has 0 radical (unpaired) electrons.